The maximum Gasteiger partial charge on any atom is 0.227 e. The second kappa shape index (κ2) is 7.04. The fourth-order valence-electron chi connectivity index (χ4n) is 3.08. The number of benzene rings is 1. The van der Waals surface area contributed by atoms with E-state index in [0.29, 0.717) is 12.3 Å². The van der Waals surface area contributed by atoms with E-state index in [9.17, 15) is 4.79 Å². The van der Waals surface area contributed by atoms with E-state index in [0.717, 1.165) is 31.1 Å². The topological polar surface area (TPSA) is 36.4 Å². The molecule has 0 atom stereocenters. The molecule has 1 aliphatic heterocycles. The van der Waals surface area contributed by atoms with E-state index in [1.54, 1.807) is 6.20 Å². The van der Waals surface area contributed by atoms with Crippen molar-refractivity contribution in [3.63, 3.8) is 0 Å². The van der Waals surface area contributed by atoms with Gasteiger partial charge >= 0.3 is 0 Å². The number of aromatic nitrogens is 1. The minimum absolute atomic E-state index is 0.189. The van der Waals surface area contributed by atoms with E-state index in [-0.39, 0.29) is 5.91 Å². The normalized spacial score (nSPS) is 14.0. The Kier molecular flexibility index (Phi) is 4.84. The molecule has 1 aromatic carbocycles. The molecule has 2 heterocycles. The lowest BCUT2D eigenvalue weighted by Crippen LogP contribution is -2.44. The molecule has 4 nitrogen and oxygen atoms in total. The number of carbonyl (C=O) groups is 1. The van der Waals surface area contributed by atoms with Gasteiger partial charge in [0.1, 0.15) is 0 Å². The number of carbonyl (C=O) groups excluding carboxylic acids is 1. The van der Waals surface area contributed by atoms with Crippen molar-refractivity contribution in [2.45, 2.75) is 33.7 Å². The number of amides is 1. The predicted molar refractivity (Wildman–Crippen MR) is 98.3 cm³/mol. The van der Waals surface area contributed by atoms with Gasteiger partial charge in [0.25, 0.3) is 0 Å². The van der Waals surface area contributed by atoms with E-state index in [1.807, 2.05) is 17.0 Å². The molecule has 126 valence electrons. The number of hydrogen-bond donors (Lipinski definition) is 0. The number of aryl methyl sites for hydroxylation is 1. The average Bonchev–Trinajstić information content (AvgIpc) is 2.56. The Morgan fingerprint density at radius 2 is 1.92 bits per heavy atom. The van der Waals surface area contributed by atoms with Crippen molar-refractivity contribution in [2.24, 2.45) is 5.92 Å². The van der Waals surface area contributed by atoms with E-state index in [1.165, 1.54) is 11.1 Å². The van der Waals surface area contributed by atoms with Crippen LogP contribution in [-0.4, -0.2) is 24.0 Å². The van der Waals surface area contributed by atoms with Gasteiger partial charge in [0.05, 0.1) is 5.69 Å². The molecule has 4 heteroatoms. The molecule has 1 aromatic heterocycles. The van der Waals surface area contributed by atoms with Crippen LogP contribution in [0, 0.1) is 12.8 Å². The van der Waals surface area contributed by atoms with Gasteiger partial charge in [-0.25, -0.2) is 4.98 Å². The molecule has 2 aromatic rings. The number of nitrogens with zero attached hydrogens (tertiary/aromatic N) is 3. The van der Waals surface area contributed by atoms with Crippen molar-refractivity contribution in [3.8, 4) is 0 Å². The van der Waals surface area contributed by atoms with Gasteiger partial charge in [-0.2, -0.15) is 0 Å². The molecular weight excluding hydrogens is 298 g/mol. The summed E-state index contributed by atoms with van der Waals surface area (Å²) in [4.78, 5) is 21.3. The minimum Gasteiger partial charge on any atom is -0.349 e. The Morgan fingerprint density at radius 1 is 1.17 bits per heavy atom. The Hall–Kier alpha value is -2.36. The monoisotopic (exact) mass is 323 g/mol. The standard InChI is InChI=1S/C20H25N3O/c1-15(2)13-19(24)23-12-11-22(20-18(23)5-4-10-21-20)14-17-8-6-16(3)7-9-17/h4-10,15H,11-14H2,1-3H3. The van der Waals surface area contributed by atoms with Gasteiger partial charge in [0, 0.05) is 32.3 Å². The SMILES string of the molecule is Cc1ccc(CN2CCN(C(=O)CC(C)C)c3cccnc32)cc1. The average molecular weight is 323 g/mol. The summed E-state index contributed by atoms with van der Waals surface area (Å²) < 4.78 is 0. The summed E-state index contributed by atoms with van der Waals surface area (Å²) in [6.45, 7) is 8.60. The van der Waals surface area contributed by atoms with Crippen LogP contribution in [0.1, 0.15) is 31.4 Å². The van der Waals surface area contributed by atoms with Crippen LogP contribution in [0.15, 0.2) is 42.6 Å². The van der Waals surface area contributed by atoms with Crippen LogP contribution in [0.25, 0.3) is 0 Å². The van der Waals surface area contributed by atoms with Crippen molar-refractivity contribution >= 4 is 17.4 Å². The third-order valence-corrected chi connectivity index (χ3v) is 4.33. The van der Waals surface area contributed by atoms with Gasteiger partial charge < -0.3 is 9.80 Å². The molecular formula is C20H25N3O. The molecule has 0 saturated heterocycles. The lowest BCUT2D eigenvalue weighted by molar-refractivity contribution is -0.119. The maximum atomic E-state index is 12.6. The second-order valence-corrected chi connectivity index (χ2v) is 6.90. The van der Waals surface area contributed by atoms with Crippen LogP contribution in [0.4, 0.5) is 11.5 Å². The summed E-state index contributed by atoms with van der Waals surface area (Å²) in [6.07, 6.45) is 2.38. The van der Waals surface area contributed by atoms with Crippen LogP contribution in [0.5, 0.6) is 0 Å². The molecule has 1 aliphatic rings. The zero-order chi connectivity index (χ0) is 17.1. The number of anilines is 2. The summed E-state index contributed by atoms with van der Waals surface area (Å²) in [5.74, 6) is 1.46. The molecule has 3 rings (SSSR count). The fraction of sp³-hybridized carbons (Fsp3) is 0.400. The summed E-state index contributed by atoms with van der Waals surface area (Å²) in [5, 5.41) is 0. The molecule has 0 radical (unpaired) electrons. The molecule has 0 spiro atoms. The van der Waals surface area contributed by atoms with E-state index in [2.05, 4.69) is 54.9 Å². The van der Waals surface area contributed by atoms with Gasteiger partial charge in [0.2, 0.25) is 5.91 Å². The highest BCUT2D eigenvalue weighted by Gasteiger charge is 2.27. The Labute approximate surface area is 144 Å². The van der Waals surface area contributed by atoms with Crippen molar-refractivity contribution in [1.82, 2.24) is 4.98 Å². The molecule has 0 saturated carbocycles. The molecule has 0 N–H and O–H groups in total. The van der Waals surface area contributed by atoms with E-state index in [4.69, 9.17) is 0 Å². The first-order chi connectivity index (χ1) is 11.5. The van der Waals surface area contributed by atoms with Gasteiger partial charge in [-0.1, -0.05) is 43.7 Å². The van der Waals surface area contributed by atoms with Crippen molar-refractivity contribution in [1.29, 1.82) is 0 Å². The van der Waals surface area contributed by atoms with E-state index < -0.39 is 0 Å². The molecule has 24 heavy (non-hydrogen) atoms. The summed E-state index contributed by atoms with van der Waals surface area (Å²) in [7, 11) is 0. The molecule has 0 aliphatic carbocycles. The highest BCUT2D eigenvalue weighted by atomic mass is 16.2. The molecule has 1 amide bonds. The number of rotatable bonds is 4. The first kappa shape index (κ1) is 16.5. The fourth-order valence-corrected chi connectivity index (χ4v) is 3.08. The van der Waals surface area contributed by atoms with Crippen molar-refractivity contribution < 1.29 is 4.79 Å². The Bertz CT molecular complexity index is 709. The minimum atomic E-state index is 0.189. The second-order valence-electron chi connectivity index (χ2n) is 6.90. The lowest BCUT2D eigenvalue weighted by Gasteiger charge is -2.37. The third-order valence-electron chi connectivity index (χ3n) is 4.33. The van der Waals surface area contributed by atoms with Gasteiger partial charge in [-0.15, -0.1) is 0 Å². The quantitative estimate of drug-likeness (QED) is 0.859. The molecule has 0 unspecified atom stereocenters. The van der Waals surface area contributed by atoms with Crippen LogP contribution in [-0.2, 0) is 11.3 Å². The highest BCUT2D eigenvalue weighted by Crippen LogP contribution is 2.32. The smallest absolute Gasteiger partial charge is 0.227 e. The van der Waals surface area contributed by atoms with Gasteiger partial charge in [0.15, 0.2) is 5.82 Å². The summed E-state index contributed by atoms with van der Waals surface area (Å²) in [6, 6.07) is 12.5. The first-order valence-electron chi connectivity index (χ1n) is 8.60. The number of hydrogen-bond acceptors (Lipinski definition) is 3. The molecule has 0 fully saturated rings. The van der Waals surface area contributed by atoms with Crippen molar-refractivity contribution in [3.05, 3.63) is 53.7 Å². The van der Waals surface area contributed by atoms with Crippen LogP contribution in [0.2, 0.25) is 0 Å². The number of pyridine rings is 1. The van der Waals surface area contributed by atoms with Crippen molar-refractivity contribution in [2.75, 3.05) is 22.9 Å². The van der Waals surface area contributed by atoms with E-state index >= 15 is 0 Å². The van der Waals surface area contributed by atoms with Crippen LogP contribution >= 0.6 is 0 Å². The Balaban J connectivity index is 1.83. The summed E-state index contributed by atoms with van der Waals surface area (Å²) >= 11 is 0. The third kappa shape index (κ3) is 3.58. The first-order valence-corrected chi connectivity index (χ1v) is 8.60. The van der Waals surface area contributed by atoms with Gasteiger partial charge in [-0.05, 0) is 30.5 Å². The highest BCUT2D eigenvalue weighted by molar-refractivity contribution is 5.97. The summed E-state index contributed by atoms with van der Waals surface area (Å²) in [5.41, 5.74) is 3.46. The number of fused-ring (bicyclic) bond motifs is 1. The predicted octanol–water partition coefficient (Wildman–Crippen LogP) is 3.79. The van der Waals surface area contributed by atoms with Crippen LogP contribution < -0.4 is 9.80 Å². The zero-order valence-electron chi connectivity index (χ0n) is 14.7. The molecule has 0 bridgehead atoms. The maximum absolute atomic E-state index is 12.6. The Morgan fingerprint density at radius 3 is 2.62 bits per heavy atom. The van der Waals surface area contributed by atoms with Gasteiger partial charge in [-0.3, -0.25) is 4.79 Å². The van der Waals surface area contributed by atoms with Crippen LogP contribution in [0.3, 0.4) is 0 Å². The zero-order valence-corrected chi connectivity index (χ0v) is 14.7. The lowest BCUT2D eigenvalue weighted by atomic mass is 10.1. The largest absolute Gasteiger partial charge is 0.349 e.